The van der Waals surface area contributed by atoms with E-state index in [1.165, 1.54) is 31.2 Å². The highest BCUT2D eigenvalue weighted by atomic mass is 15.0. The smallest absolute Gasteiger partial charge is 0.0363 e. The van der Waals surface area contributed by atoms with Crippen LogP contribution < -0.4 is 5.32 Å². The van der Waals surface area contributed by atoms with Gasteiger partial charge in [0.15, 0.2) is 0 Å². The first kappa shape index (κ1) is 14.6. The fourth-order valence-corrected chi connectivity index (χ4v) is 2.53. The van der Waals surface area contributed by atoms with Crippen molar-refractivity contribution in [1.82, 2.24) is 9.88 Å². The number of rotatable bonds is 7. The highest BCUT2D eigenvalue weighted by molar-refractivity contribution is 5.18. The molecular weight excluding hydrogens is 232 g/mol. The molecule has 0 spiro atoms. The Morgan fingerprint density at radius 2 is 2.11 bits per heavy atom. The maximum absolute atomic E-state index is 3.72. The Morgan fingerprint density at radius 3 is 2.68 bits per heavy atom. The highest BCUT2D eigenvalue weighted by Gasteiger charge is 2.32. The van der Waals surface area contributed by atoms with Gasteiger partial charge in [0.05, 0.1) is 0 Å². The number of aryl methyl sites for hydroxylation is 1. The second-order valence-corrected chi connectivity index (χ2v) is 7.26. The maximum atomic E-state index is 3.72. The van der Waals surface area contributed by atoms with Gasteiger partial charge in [-0.15, -0.1) is 0 Å². The molecule has 0 aliphatic heterocycles. The van der Waals surface area contributed by atoms with Crippen LogP contribution in [0.4, 0.5) is 0 Å². The third-order valence-corrected chi connectivity index (χ3v) is 3.96. The summed E-state index contributed by atoms with van der Waals surface area (Å²) in [6, 6.07) is 2.91. The summed E-state index contributed by atoms with van der Waals surface area (Å²) >= 11 is 0. The van der Waals surface area contributed by atoms with Crippen molar-refractivity contribution >= 4 is 0 Å². The number of nitrogens with zero attached hydrogens (tertiary/aromatic N) is 1. The minimum atomic E-state index is 0.417. The van der Waals surface area contributed by atoms with Crippen molar-refractivity contribution in [2.45, 2.75) is 66.0 Å². The topological polar surface area (TPSA) is 17.0 Å². The second kappa shape index (κ2) is 6.13. The molecule has 1 atom stereocenters. The summed E-state index contributed by atoms with van der Waals surface area (Å²) in [7, 11) is 0. The van der Waals surface area contributed by atoms with Crippen molar-refractivity contribution in [3.63, 3.8) is 0 Å². The van der Waals surface area contributed by atoms with Crippen LogP contribution in [0.3, 0.4) is 0 Å². The van der Waals surface area contributed by atoms with Crippen LogP contribution in [-0.4, -0.2) is 11.1 Å². The molecule has 0 aromatic carbocycles. The average Bonchev–Trinajstić information content (AvgIpc) is 3.05. The van der Waals surface area contributed by atoms with Crippen molar-refractivity contribution in [1.29, 1.82) is 0 Å². The number of hydrogen-bond donors (Lipinski definition) is 1. The molecule has 2 nitrogen and oxygen atoms in total. The molecule has 1 aromatic heterocycles. The van der Waals surface area contributed by atoms with Gasteiger partial charge in [0.25, 0.3) is 0 Å². The summed E-state index contributed by atoms with van der Waals surface area (Å²) in [4.78, 5) is 0. The van der Waals surface area contributed by atoms with Gasteiger partial charge in [-0.1, -0.05) is 27.7 Å². The van der Waals surface area contributed by atoms with Crippen LogP contribution in [0.5, 0.6) is 0 Å². The molecule has 1 heterocycles. The molecule has 1 saturated carbocycles. The first-order valence-corrected chi connectivity index (χ1v) is 7.88. The molecule has 1 N–H and O–H groups in total. The van der Waals surface area contributed by atoms with Gasteiger partial charge in [-0.05, 0) is 55.2 Å². The van der Waals surface area contributed by atoms with E-state index >= 15 is 0 Å². The summed E-state index contributed by atoms with van der Waals surface area (Å²) in [6.45, 7) is 11.4. The molecule has 2 heteroatoms. The summed E-state index contributed by atoms with van der Waals surface area (Å²) < 4.78 is 2.36. The first-order valence-electron chi connectivity index (χ1n) is 7.88. The van der Waals surface area contributed by atoms with E-state index in [0.29, 0.717) is 11.5 Å². The van der Waals surface area contributed by atoms with Crippen LogP contribution in [0.1, 0.15) is 65.0 Å². The van der Waals surface area contributed by atoms with Crippen molar-refractivity contribution in [3.8, 4) is 0 Å². The molecule has 108 valence electrons. The molecule has 1 aromatic rings. The molecule has 0 amide bonds. The number of hydrogen-bond acceptors (Lipinski definition) is 1. The largest absolute Gasteiger partial charge is 0.354 e. The third-order valence-electron chi connectivity index (χ3n) is 3.96. The predicted molar refractivity (Wildman–Crippen MR) is 82.3 cm³/mol. The zero-order valence-electron chi connectivity index (χ0n) is 13.1. The fraction of sp³-hybridized carbons (Fsp3) is 0.765. The van der Waals surface area contributed by atoms with Crippen LogP contribution in [0.2, 0.25) is 0 Å². The van der Waals surface area contributed by atoms with Gasteiger partial charge in [0, 0.05) is 25.0 Å². The Labute approximate surface area is 118 Å². The van der Waals surface area contributed by atoms with Crippen LogP contribution >= 0.6 is 0 Å². The van der Waals surface area contributed by atoms with E-state index in [-0.39, 0.29) is 0 Å². The number of nitrogens with one attached hydrogen (secondary N) is 1. The van der Waals surface area contributed by atoms with Gasteiger partial charge in [-0.3, -0.25) is 0 Å². The zero-order chi connectivity index (χ0) is 13.9. The van der Waals surface area contributed by atoms with Gasteiger partial charge in [-0.2, -0.15) is 0 Å². The number of aromatic nitrogens is 1. The van der Waals surface area contributed by atoms with E-state index < -0.39 is 0 Å². The molecule has 1 unspecified atom stereocenters. The molecular formula is C17H30N2. The van der Waals surface area contributed by atoms with E-state index in [4.69, 9.17) is 0 Å². The average molecular weight is 262 g/mol. The third kappa shape index (κ3) is 4.68. The normalized spacial score (nSPS) is 17.7. The Kier molecular flexibility index (Phi) is 4.72. The van der Waals surface area contributed by atoms with Crippen molar-refractivity contribution in [2.24, 2.45) is 11.3 Å². The fourth-order valence-electron chi connectivity index (χ4n) is 2.53. The quantitative estimate of drug-likeness (QED) is 0.772. The van der Waals surface area contributed by atoms with Crippen LogP contribution in [0.15, 0.2) is 18.5 Å². The summed E-state index contributed by atoms with van der Waals surface area (Å²) in [5.74, 6) is 0.880. The Morgan fingerprint density at radius 1 is 1.37 bits per heavy atom. The van der Waals surface area contributed by atoms with Gasteiger partial charge in [0.2, 0.25) is 0 Å². The van der Waals surface area contributed by atoms with Crippen molar-refractivity contribution in [3.05, 3.63) is 24.0 Å². The standard InChI is InChI=1S/C17H30N2/c1-5-10-18-16(14-6-7-14)15-8-11-19(13-15)12-9-17(2,3)4/h8,11,13-14,16,18H,5-7,9-10,12H2,1-4H3. The molecule has 19 heavy (non-hydrogen) atoms. The lowest BCUT2D eigenvalue weighted by molar-refractivity contribution is 0.350. The van der Waals surface area contributed by atoms with Crippen LogP contribution in [0, 0.1) is 11.3 Å². The molecule has 1 fully saturated rings. The van der Waals surface area contributed by atoms with Gasteiger partial charge in [-0.25, -0.2) is 0 Å². The van der Waals surface area contributed by atoms with E-state index in [2.05, 4.69) is 56.0 Å². The Balaban J connectivity index is 1.94. The van der Waals surface area contributed by atoms with E-state index in [1.54, 1.807) is 0 Å². The minimum absolute atomic E-state index is 0.417. The van der Waals surface area contributed by atoms with Crippen LogP contribution in [0.25, 0.3) is 0 Å². The molecule has 1 aliphatic rings. The van der Waals surface area contributed by atoms with E-state index in [9.17, 15) is 0 Å². The minimum Gasteiger partial charge on any atom is -0.354 e. The van der Waals surface area contributed by atoms with Crippen molar-refractivity contribution < 1.29 is 0 Å². The second-order valence-electron chi connectivity index (χ2n) is 7.26. The van der Waals surface area contributed by atoms with Gasteiger partial charge in [0.1, 0.15) is 0 Å². The molecule has 1 aliphatic carbocycles. The lowest BCUT2D eigenvalue weighted by Crippen LogP contribution is -2.23. The monoisotopic (exact) mass is 262 g/mol. The lowest BCUT2D eigenvalue weighted by atomic mass is 9.92. The van der Waals surface area contributed by atoms with Crippen LogP contribution in [-0.2, 0) is 6.54 Å². The molecule has 2 rings (SSSR count). The predicted octanol–water partition coefficient (Wildman–Crippen LogP) is 4.38. The molecule has 0 saturated heterocycles. The molecule has 0 bridgehead atoms. The lowest BCUT2D eigenvalue weighted by Gasteiger charge is -2.19. The summed E-state index contributed by atoms with van der Waals surface area (Å²) in [6.07, 6.45) is 9.86. The molecule has 0 radical (unpaired) electrons. The van der Waals surface area contributed by atoms with Gasteiger partial charge < -0.3 is 9.88 Å². The Hall–Kier alpha value is -0.760. The SMILES string of the molecule is CCCNC(c1ccn(CCC(C)(C)C)c1)C1CC1. The summed E-state index contributed by atoms with van der Waals surface area (Å²) in [5.41, 5.74) is 1.91. The van der Waals surface area contributed by atoms with E-state index in [0.717, 1.165) is 19.0 Å². The first-order chi connectivity index (χ1) is 8.99. The van der Waals surface area contributed by atoms with Crippen molar-refractivity contribution in [2.75, 3.05) is 6.54 Å². The zero-order valence-corrected chi connectivity index (χ0v) is 13.1. The maximum Gasteiger partial charge on any atom is 0.0363 e. The Bertz CT molecular complexity index is 382. The van der Waals surface area contributed by atoms with Gasteiger partial charge >= 0.3 is 0 Å². The van der Waals surface area contributed by atoms with E-state index in [1.807, 2.05) is 0 Å². The highest BCUT2D eigenvalue weighted by Crippen LogP contribution is 2.41. The summed E-state index contributed by atoms with van der Waals surface area (Å²) in [5, 5.41) is 3.72.